The molecule has 1 saturated heterocycles. The predicted molar refractivity (Wildman–Crippen MR) is 99.9 cm³/mol. The molecule has 1 fully saturated rings. The third kappa shape index (κ3) is 6.32. The molecule has 1 N–H and O–H groups in total. The maximum atomic E-state index is 13.6. The molecule has 1 aromatic carbocycles. The van der Waals surface area contributed by atoms with E-state index in [-0.39, 0.29) is 30.6 Å². The van der Waals surface area contributed by atoms with Gasteiger partial charge >= 0.3 is 0 Å². The molecule has 0 amide bonds. The number of rotatable bonds is 5. The van der Waals surface area contributed by atoms with Gasteiger partial charge in [-0.1, -0.05) is 29.8 Å². The highest BCUT2D eigenvalue weighted by Gasteiger charge is 2.24. The van der Waals surface area contributed by atoms with Gasteiger partial charge < -0.3 is 5.32 Å². The lowest BCUT2D eigenvalue weighted by molar-refractivity contribution is 0.159. The highest BCUT2D eigenvalue weighted by atomic mass is 79.9. The van der Waals surface area contributed by atoms with Crippen LogP contribution in [0, 0.1) is 11.7 Å². The largest absolute Gasteiger partial charge is 0.314 e. The highest BCUT2D eigenvalue weighted by Crippen LogP contribution is 2.33. The third-order valence-electron chi connectivity index (χ3n) is 3.93. The Morgan fingerprint density at radius 2 is 1.82 bits per heavy atom. The molecule has 0 radical (unpaired) electrons. The van der Waals surface area contributed by atoms with E-state index >= 15 is 0 Å². The Balaban J connectivity index is 0.00000220. The molecule has 0 aliphatic carbocycles. The fourth-order valence-electron chi connectivity index (χ4n) is 2.79. The summed E-state index contributed by atoms with van der Waals surface area (Å²) in [6.45, 7) is 8.60. The average Bonchev–Trinajstić information content (AvgIpc) is 2.43. The lowest BCUT2D eigenvalue weighted by Crippen LogP contribution is -2.45. The minimum atomic E-state index is -0.145. The zero-order valence-corrected chi connectivity index (χ0v) is 16.4. The van der Waals surface area contributed by atoms with Gasteiger partial charge in [0.1, 0.15) is 5.82 Å². The second-order valence-electron chi connectivity index (χ2n) is 5.94. The Labute approximate surface area is 154 Å². The topological polar surface area (TPSA) is 15.3 Å². The van der Waals surface area contributed by atoms with Crippen molar-refractivity contribution in [3.63, 3.8) is 0 Å². The van der Waals surface area contributed by atoms with Crippen molar-refractivity contribution in [2.45, 2.75) is 32.7 Å². The minimum absolute atomic E-state index is 0. The van der Waals surface area contributed by atoms with Gasteiger partial charge in [-0.2, -0.15) is 0 Å². The molecule has 0 saturated carbocycles. The van der Waals surface area contributed by atoms with E-state index < -0.39 is 0 Å². The molecular formula is C16H26BrCl2FN2. The van der Waals surface area contributed by atoms with Gasteiger partial charge in [0.15, 0.2) is 0 Å². The first kappa shape index (κ1) is 22.1. The summed E-state index contributed by atoms with van der Waals surface area (Å²) in [5.41, 5.74) is 1.09. The van der Waals surface area contributed by atoms with Crippen molar-refractivity contribution in [2.75, 3.05) is 26.2 Å². The SMILES string of the molecule is CC(C)CC[C@@H](c1cc(F)ccc1Br)N1CCNCC1.Cl.Cl. The van der Waals surface area contributed by atoms with Crippen molar-refractivity contribution < 1.29 is 4.39 Å². The van der Waals surface area contributed by atoms with Crippen LogP contribution in [0.2, 0.25) is 0 Å². The summed E-state index contributed by atoms with van der Waals surface area (Å²) < 4.78 is 14.6. The standard InChI is InChI=1S/C16H24BrFN2.2ClH/c1-12(2)3-6-16(20-9-7-19-8-10-20)14-11-13(18)4-5-15(14)17;;/h4-5,11-12,16,19H,3,6-10H2,1-2H3;2*1H/t16-;;/m0../s1. The predicted octanol–water partition coefficient (Wildman–Crippen LogP) is 4.81. The average molecular weight is 416 g/mol. The first-order valence-corrected chi connectivity index (χ1v) is 8.27. The first-order valence-electron chi connectivity index (χ1n) is 7.47. The van der Waals surface area contributed by atoms with E-state index in [4.69, 9.17) is 0 Å². The third-order valence-corrected chi connectivity index (χ3v) is 4.65. The van der Waals surface area contributed by atoms with Crippen molar-refractivity contribution in [1.29, 1.82) is 0 Å². The number of nitrogens with zero attached hydrogens (tertiary/aromatic N) is 1. The van der Waals surface area contributed by atoms with E-state index in [1.807, 2.05) is 6.07 Å². The monoisotopic (exact) mass is 414 g/mol. The van der Waals surface area contributed by atoms with Gasteiger partial charge in [-0.15, -0.1) is 24.8 Å². The first-order chi connectivity index (χ1) is 9.58. The van der Waals surface area contributed by atoms with Gasteiger partial charge in [0.25, 0.3) is 0 Å². The van der Waals surface area contributed by atoms with E-state index in [1.165, 1.54) is 6.07 Å². The van der Waals surface area contributed by atoms with E-state index in [1.54, 1.807) is 6.07 Å². The van der Waals surface area contributed by atoms with E-state index in [2.05, 4.69) is 40.0 Å². The molecule has 2 rings (SSSR count). The molecule has 128 valence electrons. The number of hydrogen-bond donors (Lipinski definition) is 1. The Morgan fingerprint density at radius 1 is 1.18 bits per heavy atom. The second-order valence-corrected chi connectivity index (χ2v) is 6.79. The molecule has 6 heteroatoms. The summed E-state index contributed by atoms with van der Waals surface area (Å²) in [6, 6.07) is 5.35. The molecule has 1 atom stereocenters. The molecule has 2 nitrogen and oxygen atoms in total. The van der Waals surface area contributed by atoms with Gasteiger partial charge in [0, 0.05) is 36.7 Å². The van der Waals surface area contributed by atoms with Crippen LogP contribution in [0.5, 0.6) is 0 Å². The smallest absolute Gasteiger partial charge is 0.123 e. The Bertz CT molecular complexity index is 440. The van der Waals surface area contributed by atoms with Crippen molar-refractivity contribution in [3.8, 4) is 0 Å². The van der Waals surface area contributed by atoms with Crippen LogP contribution in [0.15, 0.2) is 22.7 Å². The lowest BCUT2D eigenvalue weighted by Gasteiger charge is -2.36. The number of nitrogens with one attached hydrogen (secondary N) is 1. The van der Waals surface area contributed by atoms with Crippen molar-refractivity contribution >= 4 is 40.7 Å². The van der Waals surface area contributed by atoms with Crippen LogP contribution in [0.1, 0.15) is 38.3 Å². The number of hydrogen-bond acceptors (Lipinski definition) is 2. The summed E-state index contributed by atoms with van der Waals surface area (Å²) in [5, 5.41) is 3.38. The lowest BCUT2D eigenvalue weighted by atomic mass is 9.95. The molecular weight excluding hydrogens is 390 g/mol. The Hall–Kier alpha value is 0.130. The molecule has 0 aromatic heterocycles. The normalized spacial score (nSPS) is 16.8. The molecule has 0 unspecified atom stereocenters. The number of piperazine rings is 1. The Morgan fingerprint density at radius 3 is 2.41 bits per heavy atom. The zero-order valence-electron chi connectivity index (χ0n) is 13.1. The van der Waals surface area contributed by atoms with Gasteiger partial charge in [-0.05, 0) is 42.5 Å². The maximum Gasteiger partial charge on any atom is 0.123 e. The van der Waals surface area contributed by atoms with Crippen molar-refractivity contribution in [3.05, 3.63) is 34.1 Å². The zero-order chi connectivity index (χ0) is 14.5. The molecule has 1 heterocycles. The molecule has 0 bridgehead atoms. The molecule has 1 aromatic rings. The highest BCUT2D eigenvalue weighted by molar-refractivity contribution is 9.10. The van der Waals surface area contributed by atoms with Crippen LogP contribution in [0.25, 0.3) is 0 Å². The van der Waals surface area contributed by atoms with Gasteiger partial charge in [-0.25, -0.2) is 4.39 Å². The van der Waals surface area contributed by atoms with Crippen LogP contribution in [0.3, 0.4) is 0 Å². The van der Waals surface area contributed by atoms with Crippen molar-refractivity contribution in [2.24, 2.45) is 5.92 Å². The van der Waals surface area contributed by atoms with E-state index in [0.717, 1.165) is 49.1 Å². The van der Waals surface area contributed by atoms with Gasteiger partial charge in [0.05, 0.1) is 0 Å². The van der Waals surface area contributed by atoms with Crippen LogP contribution >= 0.6 is 40.7 Å². The van der Waals surface area contributed by atoms with Gasteiger partial charge in [-0.3, -0.25) is 4.90 Å². The fraction of sp³-hybridized carbons (Fsp3) is 0.625. The summed E-state index contributed by atoms with van der Waals surface area (Å²) in [6.07, 6.45) is 2.25. The minimum Gasteiger partial charge on any atom is -0.314 e. The van der Waals surface area contributed by atoms with Crippen molar-refractivity contribution in [1.82, 2.24) is 10.2 Å². The summed E-state index contributed by atoms with van der Waals surface area (Å²) in [7, 11) is 0. The van der Waals surface area contributed by atoms with E-state index in [9.17, 15) is 4.39 Å². The van der Waals surface area contributed by atoms with Crippen LogP contribution in [-0.2, 0) is 0 Å². The quantitative estimate of drug-likeness (QED) is 0.741. The molecule has 1 aliphatic heterocycles. The second kappa shape index (κ2) is 10.8. The fourth-order valence-corrected chi connectivity index (χ4v) is 3.30. The molecule has 1 aliphatic rings. The molecule has 22 heavy (non-hydrogen) atoms. The Kier molecular flexibility index (Phi) is 10.9. The van der Waals surface area contributed by atoms with Crippen LogP contribution in [-0.4, -0.2) is 31.1 Å². The summed E-state index contributed by atoms with van der Waals surface area (Å²) in [4.78, 5) is 2.48. The number of benzene rings is 1. The number of halogens is 4. The van der Waals surface area contributed by atoms with E-state index in [0.29, 0.717) is 12.0 Å². The van der Waals surface area contributed by atoms with Gasteiger partial charge in [0.2, 0.25) is 0 Å². The van der Waals surface area contributed by atoms with Crippen LogP contribution in [0.4, 0.5) is 4.39 Å². The summed E-state index contributed by atoms with van der Waals surface area (Å²) >= 11 is 3.60. The molecule has 0 spiro atoms. The van der Waals surface area contributed by atoms with Crippen LogP contribution < -0.4 is 5.32 Å². The maximum absolute atomic E-state index is 13.6. The summed E-state index contributed by atoms with van der Waals surface area (Å²) in [5.74, 6) is 0.528.